The molecule has 2 heterocycles. The summed E-state index contributed by atoms with van der Waals surface area (Å²) < 4.78 is 6.10. The standard InChI is InChI=1S/C21H34N2O5/c1-2-20(26)23-13-21(27)22-12-11-17-16(18-9-10-19(17)28-18)8-6-4-3-5-7-15(25)14-24/h4,6,16-19,24H,2-3,5,7-14H2,1H3,(H,22,27)(H,23,26)/t16-,17+,18-,19+/m1/s1. The van der Waals surface area contributed by atoms with Crippen LogP contribution in [0.2, 0.25) is 0 Å². The van der Waals surface area contributed by atoms with Gasteiger partial charge in [0.05, 0.1) is 18.8 Å². The molecule has 3 N–H and O–H groups in total. The van der Waals surface area contributed by atoms with E-state index in [0.29, 0.717) is 43.4 Å². The largest absolute Gasteiger partial charge is 0.389 e. The van der Waals surface area contributed by atoms with E-state index in [-0.39, 0.29) is 30.7 Å². The first kappa shape index (κ1) is 22.6. The summed E-state index contributed by atoms with van der Waals surface area (Å²) in [6.45, 7) is 2.02. The van der Waals surface area contributed by atoms with E-state index in [1.807, 2.05) is 0 Å². The number of Topliss-reactive ketones (excluding diaryl/α,β-unsaturated/α-hetero) is 1. The lowest BCUT2D eigenvalue weighted by Crippen LogP contribution is -2.38. The number of ether oxygens (including phenoxy) is 1. The van der Waals surface area contributed by atoms with Crippen molar-refractivity contribution in [2.75, 3.05) is 19.7 Å². The average Bonchev–Trinajstić information content (AvgIpc) is 3.30. The fourth-order valence-corrected chi connectivity index (χ4v) is 4.21. The Balaban J connectivity index is 1.68. The van der Waals surface area contributed by atoms with Crippen molar-refractivity contribution in [1.82, 2.24) is 10.6 Å². The Morgan fingerprint density at radius 3 is 2.54 bits per heavy atom. The molecule has 0 unspecified atom stereocenters. The Bertz CT molecular complexity index is 563. The maximum absolute atomic E-state index is 11.8. The van der Waals surface area contributed by atoms with Crippen LogP contribution in [0.4, 0.5) is 0 Å². The summed E-state index contributed by atoms with van der Waals surface area (Å²) in [7, 11) is 0. The van der Waals surface area contributed by atoms with Crippen LogP contribution in [-0.2, 0) is 19.1 Å². The van der Waals surface area contributed by atoms with Gasteiger partial charge in [-0.3, -0.25) is 14.4 Å². The van der Waals surface area contributed by atoms with Gasteiger partial charge in [-0.1, -0.05) is 19.1 Å². The topological polar surface area (TPSA) is 105 Å². The smallest absolute Gasteiger partial charge is 0.239 e. The summed E-state index contributed by atoms with van der Waals surface area (Å²) in [6.07, 6.45) is 11.4. The van der Waals surface area contributed by atoms with Gasteiger partial charge in [0.2, 0.25) is 11.8 Å². The molecule has 2 amide bonds. The molecule has 2 aliphatic heterocycles. The Labute approximate surface area is 167 Å². The van der Waals surface area contributed by atoms with Crippen molar-refractivity contribution in [3.63, 3.8) is 0 Å². The molecule has 0 spiro atoms. The van der Waals surface area contributed by atoms with Gasteiger partial charge in [0.1, 0.15) is 6.61 Å². The van der Waals surface area contributed by atoms with E-state index in [4.69, 9.17) is 9.84 Å². The second-order valence-corrected chi connectivity index (χ2v) is 7.68. The highest BCUT2D eigenvalue weighted by molar-refractivity contribution is 5.84. The Morgan fingerprint density at radius 1 is 1.07 bits per heavy atom. The van der Waals surface area contributed by atoms with Crippen LogP contribution >= 0.6 is 0 Å². The molecule has 2 aliphatic rings. The molecule has 0 aromatic carbocycles. The minimum Gasteiger partial charge on any atom is -0.389 e. The Hall–Kier alpha value is -1.73. The Morgan fingerprint density at radius 2 is 1.82 bits per heavy atom. The zero-order valence-electron chi connectivity index (χ0n) is 16.8. The van der Waals surface area contributed by atoms with Crippen molar-refractivity contribution in [3.8, 4) is 0 Å². The molecule has 0 radical (unpaired) electrons. The maximum Gasteiger partial charge on any atom is 0.239 e. The normalized spacial score (nSPS) is 25.9. The van der Waals surface area contributed by atoms with Gasteiger partial charge in [0, 0.05) is 19.4 Å². The number of rotatable bonds is 13. The second kappa shape index (κ2) is 12.0. The average molecular weight is 395 g/mol. The first-order chi connectivity index (χ1) is 13.5. The molecule has 7 heteroatoms. The van der Waals surface area contributed by atoms with Gasteiger partial charge in [0.15, 0.2) is 5.78 Å². The zero-order valence-corrected chi connectivity index (χ0v) is 16.8. The monoisotopic (exact) mass is 394 g/mol. The summed E-state index contributed by atoms with van der Waals surface area (Å²) >= 11 is 0. The molecule has 0 aromatic rings. The molecular weight excluding hydrogens is 360 g/mol. The van der Waals surface area contributed by atoms with Gasteiger partial charge < -0.3 is 20.5 Å². The van der Waals surface area contributed by atoms with E-state index >= 15 is 0 Å². The van der Waals surface area contributed by atoms with Gasteiger partial charge in [-0.15, -0.1) is 0 Å². The molecule has 2 fully saturated rings. The van der Waals surface area contributed by atoms with Gasteiger partial charge >= 0.3 is 0 Å². The van der Waals surface area contributed by atoms with E-state index in [2.05, 4.69) is 22.8 Å². The molecule has 2 saturated heterocycles. The van der Waals surface area contributed by atoms with Crippen molar-refractivity contribution >= 4 is 17.6 Å². The number of fused-ring (bicyclic) bond motifs is 2. The van der Waals surface area contributed by atoms with Crippen molar-refractivity contribution < 1.29 is 24.2 Å². The molecule has 7 nitrogen and oxygen atoms in total. The van der Waals surface area contributed by atoms with Crippen molar-refractivity contribution in [2.24, 2.45) is 11.8 Å². The van der Waals surface area contributed by atoms with Crippen LogP contribution in [0.5, 0.6) is 0 Å². The van der Waals surface area contributed by atoms with E-state index < -0.39 is 0 Å². The highest BCUT2D eigenvalue weighted by Crippen LogP contribution is 2.46. The molecular formula is C21H34N2O5. The van der Waals surface area contributed by atoms with Crippen LogP contribution in [-0.4, -0.2) is 54.6 Å². The number of aliphatic hydroxyl groups excluding tert-OH is 1. The number of carbonyl (C=O) groups excluding carboxylic acids is 3. The van der Waals surface area contributed by atoms with Crippen LogP contribution in [0.1, 0.15) is 58.3 Å². The summed E-state index contributed by atoms with van der Waals surface area (Å²) in [5.41, 5.74) is 0. The number of hydrogen-bond donors (Lipinski definition) is 3. The molecule has 28 heavy (non-hydrogen) atoms. The van der Waals surface area contributed by atoms with Crippen LogP contribution in [0.3, 0.4) is 0 Å². The van der Waals surface area contributed by atoms with Crippen molar-refractivity contribution in [3.05, 3.63) is 12.2 Å². The fraction of sp³-hybridized carbons (Fsp3) is 0.762. The lowest BCUT2D eigenvalue weighted by molar-refractivity contribution is -0.125. The highest BCUT2D eigenvalue weighted by Gasteiger charge is 2.47. The van der Waals surface area contributed by atoms with E-state index in [0.717, 1.165) is 38.5 Å². The number of unbranched alkanes of at least 4 members (excludes halogenated alkanes) is 1. The van der Waals surface area contributed by atoms with E-state index in [1.165, 1.54) is 0 Å². The highest BCUT2D eigenvalue weighted by atomic mass is 16.5. The van der Waals surface area contributed by atoms with Crippen molar-refractivity contribution in [2.45, 2.75) is 70.5 Å². The van der Waals surface area contributed by atoms with Crippen LogP contribution in [0.25, 0.3) is 0 Å². The lowest BCUT2D eigenvalue weighted by atomic mass is 9.76. The number of hydrogen-bond acceptors (Lipinski definition) is 5. The predicted octanol–water partition coefficient (Wildman–Crippen LogP) is 1.49. The van der Waals surface area contributed by atoms with Gasteiger partial charge in [-0.05, 0) is 50.4 Å². The molecule has 0 saturated carbocycles. The fourth-order valence-electron chi connectivity index (χ4n) is 4.21. The van der Waals surface area contributed by atoms with Crippen molar-refractivity contribution in [1.29, 1.82) is 0 Å². The summed E-state index contributed by atoms with van der Waals surface area (Å²) in [4.78, 5) is 34.1. The lowest BCUT2D eigenvalue weighted by Gasteiger charge is -2.27. The quantitative estimate of drug-likeness (QED) is 0.324. The summed E-state index contributed by atoms with van der Waals surface area (Å²) in [5.74, 6) is 0.547. The number of amides is 2. The number of aliphatic hydroxyl groups is 1. The first-order valence-corrected chi connectivity index (χ1v) is 10.5. The number of carbonyl (C=O) groups is 3. The van der Waals surface area contributed by atoms with Gasteiger partial charge in [-0.2, -0.15) is 0 Å². The molecule has 158 valence electrons. The minimum absolute atomic E-state index is 0.0326. The van der Waals surface area contributed by atoms with Gasteiger partial charge in [-0.25, -0.2) is 0 Å². The van der Waals surface area contributed by atoms with Crippen LogP contribution in [0, 0.1) is 11.8 Å². The molecule has 2 rings (SSSR count). The number of ketones is 1. The number of allylic oxidation sites excluding steroid dienone is 2. The Kier molecular flexibility index (Phi) is 9.64. The summed E-state index contributed by atoms with van der Waals surface area (Å²) in [6, 6.07) is 0. The molecule has 2 bridgehead atoms. The maximum atomic E-state index is 11.8. The first-order valence-electron chi connectivity index (χ1n) is 10.5. The van der Waals surface area contributed by atoms with E-state index in [1.54, 1.807) is 6.92 Å². The third-order valence-electron chi connectivity index (χ3n) is 5.74. The molecule has 0 aliphatic carbocycles. The summed E-state index contributed by atoms with van der Waals surface area (Å²) in [5, 5.41) is 14.2. The SMILES string of the molecule is CCC(=O)NCC(=O)NCC[C@H]1[C@@H](CC=CCCCC(=O)CO)[C@H]2CC[C@@H]1O2. The second-order valence-electron chi connectivity index (χ2n) is 7.68. The zero-order chi connectivity index (χ0) is 20.4. The third-order valence-corrected chi connectivity index (χ3v) is 5.74. The minimum atomic E-state index is -0.366. The third kappa shape index (κ3) is 7.02. The predicted molar refractivity (Wildman–Crippen MR) is 106 cm³/mol. The number of nitrogens with one attached hydrogen (secondary N) is 2. The van der Waals surface area contributed by atoms with Crippen LogP contribution in [0.15, 0.2) is 12.2 Å². The van der Waals surface area contributed by atoms with Crippen LogP contribution < -0.4 is 10.6 Å². The van der Waals surface area contributed by atoms with Gasteiger partial charge in [0.25, 0.3) is 0 Å². The molecule has 4 atom stereocenters. The molecule has 0 aromatic heterocycles. The van der Waals surface area contributed by atoms with E-state index in [9.17, 15) is 14.4 Å².